The molecule has 0 nitrogen and oxygen atoms in total. The second-order valence-electron chi connectivity index (χ2n) is 3.70. The fourth-order valence-corrected chi connectivity index (χ4v) is 1.33. The minimum absolute atomic E-state index is 1.00. The van der Waals surface area contributed by atoms with Crippen LogP contribution >= 0.6 is 0 Å². The first-order valence-electron chi connectivity index (χ1n) is 6.02. The van der Waals surface area contributed by atoms with E-state index in [0.29, 0.717) is 0 Å². The van der Waals surface area contributed by atoms with Gasteiger partial charge in [-0.2, -0.15) is 0 Å². The van der Waals surface area contributed by atoms with Gasteiger partial charge < -0.3 is 0 Å². The molecule has 81 valence electrons. The van der Waals surface area contributed by atoms with E-state index < -0.39 is 0 Å². The van der Waals surface area contributed by atoms with Crippen LogP contribution in [0.4, 0.5) is 0 Å². The predicted octanol–water partition coefficient (Wildman–Crippen LogP) is 5.07. The van der Waals surface area contributed by atoms with Gasteiger partial charge >= 0.3 is 0 Å². The number of rotatable bonds is 9. The van der Waals surface area contributed by atoms with E-state index in [1.54, 1.807) is 0 Å². The molecule has 0 saturated carbocycles. The van der Waals surface area contributed by atoms with Gasteiger partial charge in [0.25, 0.3) is 0 Å². The lowest BCUT2D eigenvalue weighted by Gasteiger charge is -1.95. The Morgan fingerprint density at radius 1 is 0.857 bits per heavy atom. The lowest BCUT2D eigenvalue weighted by Crippen LogP contribution is -1.75. The second-order valence-corrected chi connectivity index (χ2v) is 3.70. The number of allylic oxidation sites excluding steroid dienone is 4. The van der Waals surface area contributed by atoms with Gasteiger partial charge in [0.1, 0.15) is 0 Å². The summed E-state index contributed by atoms with van der Waals surface area (Å²) in [4.78, 5) is 0. The molecule has 0 aromatic carbocycles. The highest BCUT2D eigenvalue weighted by atomic mass is 13.9. The average Bonchev–Trinajstić information content (AvgIpc) is 2.21. The maximum Gasteiger partial charge on any atom is -0.0348 e. The van der Waals surface area contributed by atoms with Gasteiger partial charge in [0.05, 0.1) is 0 Å². The van der Waals surface area contributed by atoms with Gasteiger partial charge in [0.15, 0.2) is 0 Å². The minimum atomic E-state index is 1.00. The zero-order valence-electron chi connectivity index (χ0n) is 9.67. The minimum Gasteiger partial charge on any atom is -0.0845 e. The molecule has 0 N–H and O–H groups in total. The van der Waals surface area contributed by atoms with E-state index in [0.717, 1.165) is 12.8 Å². The normalized spacial score (nSPS) is 11.9. The van der Waals surface area contributed by atoms with Crippen molar-refractivity contribution in [3.05, 3.63) is 31.2 Å². The van der Waals surface area contributed by atoms with Crippen LogP contribution in [0.15, 0.2) is 24.3 Å². The molecule has 0 bridgehead atoms. The molecule has 0 aliphatic heterocycles. The van der Waals surface area contributed by atoms with Crippen molar-refractivity contribution in [2.75, 3.05) is 0 Å². The molecule has 0 atom stereocenters. The zero-order chi connectivity index (χ0) is 10.5. The summed E-state index contributed by atoms with van der Waals surface area (Å²) < 4.78 is 0. The van der Waals surface area contributed by atoms with Crippen molar-refractivity contribution in [1.82, 2.24) is 0 Å². The largest absolute Gasteiger partial charge is 0.0845 e. The molecule has 0 unspecified atom stereocenters. The topological polar surface area (TPSA) is 0 Å². The Morgan fingerprint density at radius 2 is 1.50 bits per heavy atom. The first-order valence-corrected chi connectivity index (χ1v) is 6.02. The van der Waals surface area contributed by atoms with Gasteiger partial charge in [-0.05, 0) is 25.7 Å². The van der Waals surface area contributed by atoms with Crippen LogP contribution in [0.3, 0.4) is 0 Å². The van der Waals surface area contributed by atoms with Gasteiger partial charge in [-0.3, -0.25) is 0 Å². The summed E-state index contributed by atoms with van der Waals surface area (Å²) >= 11 is 0. The van der Waals surface area contributed by atoms with Crippen molar-refractivity contribution in [1.29, 1.82) is 0 Å². The standard InChI is InChI=1S/C14H25/c1-3-5-7-9-11-13-14-12-10-8-6-4-2/h7,9,11,13H,1,3-6,8,10,12,14H2,2H3/b9-7+,13-11+. The quantitative estimate of drug-likeness (QED) is 0.354. The van der Waals surface area contributed by atoms with Crippen molar-refractivity contribution in [2.45, 2.75) is 58.3 Å². The molecular formula is C14H25. The fourth-order valence-electron chi connectivity index (χ4n) is 1.33. The first kappa shape index (κ1) is 13.5. The van der Waals surface area contributed by atoms with E-state index in [1.807, 2.05) is 0 Å². The molecular weight excluding hydrogens is 168 g/mol. The van der Waals surface area contributed by atoms with Gasteiger partial charge in [0, 0.05) is 0 Å². The van der Waals surface area contributed by atoms with Crippen LogP contribution in [0.25, 0.3) is 0 Å². The van der Waals surface area contributed by atoms with E-state index in [4.69, 9.17) is 0 Å². The molecule has 14 heavy (non-hydrogen) atoms. The molecule has 0 heterocycles. The Kier molecular flexibility index (Phi) is 12.0. The van der Waals surface area contributed by atoms with Crippen LogP contribution < -0.4 is 0 Å². The molecule has 0 aromatic rings. The van der Waals surface area contributed by atoms with E-state index in [9.17, 15) is 0 Å². The van der Waals surface area contributed by atoms with Crippen LogP contribution in [-0.4, -0.2) is 0 Å². The molecule has 0 fully saturated rings. The summed E-state index contributed by atoms with van der Waals surface area (Å²) in [5.41, 5.74) is 0. The Balaban J connectivity index is 3.10. The third-order valence-corrected chi connectivity index (χ3v) is 2.23. The van der Waals surface area contributed by atoms with Gasteiger partial charge in [-0.1, -0.05) is 63.8 Å². The molecule has 0 amide bonds. The molecule has 0 spiro atoms. The van der Waals surface area contributed by atoms with Crippen LogP contribution in [0, 0.1) is 6.92 Å². The Labute approximate surface area is 90.1 Å². The summed E-state index contributed by atoms with van der Waals surface area (Å²) in [6.45, 7) is 6.04. The van der Waals surface area contributed by atoms with Crippen LogP contribution in [0.1, 0.15) is 58.3 Å². The van der Waals surface area contributed by atoms with E-state index in [1.165, 1.54) is 38.5 Å². The summed E-state index contributed by atoms with van der Waals surface area (Å²) in [7, 11) is 0. The van der Waals surface area contributed by atoms with Crippen LogP contribution in [-0.2, 0) is 0 Å². The maximum absolute atomic E-state index is 3.79. The molecule has 0 aromatic heterocycles. The van der Waals surface area contributed by atoms with Gasteiger partial charge in [-0.15, -0.1) is 0 Å². The van der Waals surface area contributed by atoms with Crippen molar-refractivity contribution in [2.24, 2.45) is 0 Å². The van der Waals surface area contributed by atoms with Gasteiger partial charge in [0.2, 0.25) is 0 Å². The summed E-state index contributed by atoms with van der Waals surface area (Å²) in [5.74, 6) is 0. The highest BCUT2D eigenvalue weighted by molar-refractivity contribution is 5.02. The van der Waals surface area contributed by atoms with Crippen LogP contribution in [0.2, 0.25) is 0 Å². The molecule has 0 heteroatoms. The summed E-state index contributed by atoms with van der Waals surface area (Å²) in [6, 6.07) is 0. The second kappa shape index (κ2) is 12.5. The number of unbranched alkanes of at least 4 members (excludes halogenated alkanes) is 6. The molecule has 0 aliphatic rings. The van der Waals surface area contributed by atoms with Crippen molar-refractivity contribution in [3.8, 4) is 0 Å². The summed E-state index contributed by atoms with van der Waals surface area (Å²) in [5, 5.41) is 0. The molecule has 1 radical (unpaired) electrons. The van der Waals surface area contributed by atoms with Crippen molar-refractivity contribution < 1.29 is 0 Å². The average molecular weight is 193 g/mol. The summed E-state index contributed by atoms with van der Waals surface area (Å²) in [6.07, 6.45) is 19.0. The molecule has 0 aliphatic carbocycles. The SMILES string of the molecule is [CH2]CC/C=C/C=C/CCCCCCC. The number of hydrogen-bond acceptors (Lipinski definition) is 0. The van der Waals surface area contributed by atoms with Crippen molar-refractivity contribution >= 4 is 0 Å². The smallest absolute Gasteiger partial charge is 0.0348 e. The van der Waals surface area contributed by atoms with E-state index in [2.05, 4.69) is 38.2 Å². The number of hydrogen-bond donors (Lipinski definition) is 0. The van der Waals surface area contributed by atoms with Gasteiger partial charge in [-0.25, -0.2) is 0 Å². The zero-order valence-corrected chi connectivity index (χ0v) is 9.67. The molecule has 0 saturated heterocycles. The predicted molar refractivity (Wildman–Crippen MR) is 66.2 cm³/mol. The monoisotopic (exact) mass is 193 g/mol. The van der Waals surface area contributed by atoms with E-state index in [-0.39, 0.29) is 0 Å². The maximum atomic E-state index is 3.79. The first-order chi connectivity index (χ1) is 6.91. The Morgan fingerprint density at radius 3 is 2.14 bits per heavy atom. The van der Waals surface area contributed by atoms with Crippen LogP contribution in [0.5, 0.6) is 0 Å². The highest BCUT2D eigenvalue weighted by Gasteiger charge is 1.85. The lowest BCUT2D eigenvalue weighted by molar-refractivity contribution is 0.637. The fraction of sp³-hybridized carbons (Fsp3) is 0.643. The lowest BCUT2D eigenvalue weighted by atomic mass is 10.1. The Bertz CT molecular complexity index is 142. The third kappa shape index (κ3) is 11.5. The van der Waals surface area contributed by atoms with E-state index >= 15 is 0 Å². The molecule has 0 rings (SSSR count). The highest BCUT2D eigenvalue weighted by Crippen LogP contribution is 2.05. The third-order valence-electron chi connectivity index (χ3n) is 2.23. The Hall–Kier alpha value is -0.520. The van der Waals surface area contributed by atoms with Crippen molar-refractivity contribution in [3.63, 3.8) is 0 Å².